The molecule has 0 heterocycles. The highest BCUT2D eigenvalue weighted by atomic mass is 79.9. The highest BCUT2D eigenvalue weighted by Crippen LogP contribution is 2.36. The van der Waals surface area contributed by atoms with E-state index in [2.05, 4.69) is 124 Å². The van der Waals surface area contributed by atoms with Gasteiger partial charge in [0.05, 0.1) is 8.95 Å². The summed E-state index contributed by atoms with van der Waals surface area (Å²) in [7, 11) is 0. The van der Waals surface area contributed by atoms with E-state index in [0.29, 0.717) is 6.61 Å². The fraction of sp³-hybridized carbons (Fsp3) is 0.154. The van der Waals surface area contributed by atoms with Crippen LogP contribution in [0.2, 0.25) is 0 Å². The topological polar surface area (TPSA) is 21.3 Å². The molecule has 4 heteroatoms. The predicted octanol–water partition coefficient (Wildman–Crippen LogP) is 8.17. The van der Waals surface area contributed by atoms with Gasteiger partial charge in [0.25, 0.3) is 0 Å². The third-order valence-corrected chi connectivity index (χ3v) is 6.58. The fourth-order valence-electron chi connectivity index (χ4n) is 3.56. The Kier molecular flexibility index (Phi) is 6.45. The quantitative estimate of drug-likeness (QED) is 0.274. The molecule has 152 valence electrons. The number of benzene rings is 4. The molecule has 0 aromatic heterocycles. The maximum absolute atomic E-state index is 6.20. The summed E-state index contributed by atoms with van der Waals surface area (Å²) in [6.07, 6.45) is 0. The van der Waals surface area contributed by atoms with Gasteiger partial charge >= 0.3 is 0 Å². The summed E-state index contributed by atoms with van der Waals surface area (Å²) >= 11 is 7.38. The third kappa shape index (κ3) is 4.55. The number of hydrogen-bond acceptors (Lipinski definition) is 2. The van der Waals surface area contributed by atoms with Crippen molar-refractivity contribution in [2.45, 2.75) is 27.0 Å². The summed E-state index contributed by atoms with van der Waals surface area (Å²) in [4.78, 5) is 0. The minimum absolute atomic E-state index is 0.513. The predicted molar refractivity (Wildman–Crippen MR) is 133 cm³/mol. The van der Waals surface area contributed by atoms with E-state index < -0.39 is 0 Å². The van der Waals surface area contributed by atoms with Crippen LogP contribution in [0.1, 0.15) is 22.3 Å². The van der Waals surface area contributed by atoms with Crippen molar-refractivity contribution < 1.29 is 4.74 Å². The largest absolute Gasteiger partial charge is 0.487 e. The van der Waals surface area contributed by atoms with E-state index in [9.17, 15) is 0 Å². The summed E-state index contributed by atoms with van der Waals surface area (Å²) < 4.78 is 8.08. The molecule has 4 rings (SSSR count). The Morgan fingerprint density at radius 1 is 0.833 bits per heavy atom. The second-order valence-corrected chi connectivity index (χ2v) is 9.13. The molecule has 0 amide bonds. The van der Waals surface area contributed by atoms with Crippen LogP contribution in [-0.4, -0.2) is 0 Å². The first-order valence-corrected chi connectivity index (χ1v) is 11.5. The number of nitrogens with one attached hydrogen (secondary N) is 1. The zero-order chi connectivity index (χ0) is 21.1. The average Bonchev–Trinajstić information content (AvgIpc) is 2.74. The molecule has 0 bridgehead atoms. The second kappa shape index (κ2) is 9.23. The van der Waals surface area contributed by atoms with Crippen molar-refractivity contribution in [3.05, 3.63) is 104 Å². The van der Waals surface area contributed by atoms with Gasteiger partial charge in [-0.15, -0.1) is 0 Å². The number of fused-ring (bicyclic) bond motifs is 1. The maximum atomic E-state index is 6.20. The van der Waals surface area contributed by atoms with Crippen molar-refractivity contribution in [2.75, 3.05) is 5.32 Å². The number of hydrogen-bond donors (Lipinski definition) is 1. The molecule has 0 atom stereocenters. The molecule has 0 saturated carbocycles. The van der Waals surface area contributed by atoms with E-state index in [-0.39, 0.29) is 0 Å². The molecular formula is C26H23Br2NO. The Labute approximate surface area is 194 Å². The summed E-state index contributed by atoms with van der Waals surface area (Å²) in [5.41, 5.74) is 6.09. The van der Waals surface area contributed by atoms with Crippen molar-refractivity contribution >= 4 is 48.3 Å². The maximum Gasteiger partial charge on any atom is 0.148 e. The highest BCUT2D eigenvalue weighted by Gasteiger charge is 2.11. The molecular weight excluding hydrogens is 502 g/mol. The van der Waals surface area contributed by atoms with Gasteiger partial charge in [0.15, 0.2) is 0 Å². The highest BCUT2D eigenvalue weighted by molar-refractivity contribution is 9.11. The Hall–Kier alpha value is -2.30. The molecule has 30 heavy (non-hydrogen) atoms. The molecule has 0 spiro atoms. The molecule has 0 unspecified atom stereocenters. The first-order valence-electron chi connectivity index (χ1n) is 9.90. The van der Waals surface area contributed by atoms with Crippen LogP contribution in [0.5, 0.6) is 5.75 Å². The van der Waals surface area contributed by atoms with Crippen molar-refractivity contribution in [3.63, 3.8) is 0 Å². The average molecular weight is 525 g/mol. The summed E-state index contributed by atoms with van der Waals surface area (Å²) in [5.74, 6) is 0.818. The molecule has 2 nitrogen and oxygen atoms in total. The van der Waals surface area contributed by atoms with E-state index in [1.807, 2.05) is 0 Å². The van der Waals surface area contributed by atoms with Crippen molar-refractivity contribution in [1.29, 1.82) is 0 Å². The minimum atomic E-state index is 0.513. The van der Waals surface area contributed by atoms with Crippen molar-refractivity contribution in [3.8, 4) is 5.75 Å². The Morgan fingerprint density at radius 2 is 1.53 bits per heavy atom. The molecule has 0 fully saturated rings. The molecule has 0 radical (unpaired) electrons. The van der Waals surface area contributed by atoms with Crippen LogP contribution in [0.15, 0.2) is 81.7 Å². The standard InChI is InChI=1S/C26H23Br2NO/c1-17-7-5-12-25(18(17)2)29-15-19-13-23(27)26(24(28)14-19)30-16-21-10-6-9-20-8-3-4-11-22(20)21/h3-14,29H,15-16H2,1-2H3. The number of rotatable bonds is 6. The van der Waals surface area contributed by atoms with Crippen LogP contribution < -0.4 is 10.1 Å². The van der Waals surface area contributed by atoms with Crippen LogP contribution in [0, 0.1) is 13.8 Å². The van der Waals surface area contributed by atoms with Gasteiger partial charge in [-0.25, -0.2) is 0 Å². The molecule has 1 N–H and O–H groups in total. The zero-order valence-corrected chi connectivity index (χ0v) is 20.2. The first-order chi connectivity index (χ1) is 14.5. The lowest BCUT2D eigenvalue weighted by molar-refractivity contribution is 0.303. The third-order valence-electron chi connectivity index (χ3n) is 5.40. The monoisotopic (exact) mass is 523 g/mol. The summed E-state index contributed by atoms with van der Waals surface area (Å²) in [6, 6.07) is 25.3. The molecule has 0 aliphatic rings. The smallest absolute Gasteiger partial charge is 0.148 e. The van der Waals surface area contributed by atoms with Gasteiger partial charge in [-0.05, 0) is 96.9 Å². The molecule has 0 aliphatic heterocycles. The normalized spacial score (nSPS) is 10.9. The van der Waals surface area contributed by atoms with Gasteiger partial charge in [0.1, 0.15) is 12.4 Å². The lowest BCUT2D eigenvalue weighted by atomic mass is 10.1. The lowest BCUT2D eigenvalue weighted by Gasteiger charge is -2.15. The van der Waals surface area contributed by atoms with Crippen molar-refractivity contribution in [2.24, 2.45) is 0 Å². The van der Waals surface area contributed by atoms with E-state index in [0.717, 1.165) is 21.2 Å². The SMILES string of the molecule is Cc1cccc(NCc2cc(Br)c(OCc3cccc4ccccc34)c(Br)c2)c1C. The number of ether oxygens (including phenoxy) is 1. The minimum Gasteiger partial charge on any atom is -0.487 e. The Bertz CT molecular complexity index is 1170. The van der Waals surface area contributed by atoms with Crippen molar-refractivity contribution in [1.82, 2.24) is 0 Å². The van der Waals surface area contributed by atoms with Crippen LogP contribution in [-0.2, 0) is 13.2 Å². The fourth-order valence-corrected chi connectivity index (χ4v) is 5.07. The zero-order valence-electron chi connectivity index (χ0n) is 17.0. The summed E-state index contributed by atoms with van der Waals surface area (Å²) in [5, 5.41) is 5.99. The Morgan fingerprint density at radius 3 is 2.33 bits per heavy atom. The van der Waals surface area contributed by atoms with Gasteiger partial charge in [0.2, 0.25) is 0 Å². The number of halogens is 2. The van der Waals surface area contributed by atoms with Crippen LogP contribution >= 0.6 is 31.9 Å². The van der Waals surface area contributed by atoms with E-state index >= 15 is 0 Å². The van der Waals surface area contributed by atoms with E-state index in [1.54, 1.807) is 0 Å². The number of anilines is 1. The lowest BCUT2D eigenvalue weighted by Crippen LogP contribution is -2.03. The van der Waals surface area contributed by atoms with Gasteiger partial charge in [-0.1, -0.05) is 54.6 Å². The Balaban J connectivity index is 1.49. The van der Waals surface area contributed by atoms with E-state index in [1.165, 1.54) is 38.7 Å². The first kappa shape index (κ1) is 21.0. The van der Waals surface area contributed by atoms with Gasteiger partial charge < -0.3 is 10.1 Å². The van der Waals surface area contributed by atoms with Gasteiger partial charge in [0, 0.05) is 12.2 Å². The van der Waals surface area contributed by atoms with E-state index in [4.69, 9.17) is 4.74 Å². The molecule has 4 aromatic rings. The van der Waals surface area contributed by atoms with Crippen LogP contribution in [0.25, 0.3) is 10.8 Å². The van der Waals surface area contributed by atoms with Crippen LogP contribution in [0.3, 0.4) is 0 Å². The number of aryl methyl sites for hydroxylation is 1. The molecule has 0 saturated heterocycles. The summed E-state index contributed by atoms with van der Waals surface area (Å²) in [6.45, 7) is 5.53. The molecule has 0 aliphatic carbocycles. The second-order valence-electron chi connectivity index (χ2n) is 7.42. The van der Waals surface area contributed by atoms with Gasteiger partial charge in [-0.3, -0.25) is 0 Å². The van der Waals surface area contributed by atoms with Gasteiger partial charge in [-0.2, -0.15) is 0 Å². The van der Waals surface area contributed by atoms with Crippen LogP contribution in [0.4, 0.5) is 5.69 Å². The molecule has 4 aromatic carbocycles.